The molecule has 1 fully saturated rings. The Morgan fingerprint density at radius 1 is 1.12 bits per heavy atom. The van der Waals surface area contributed by atoms with Crippen molar-refractivity contribution in [1.82, 2.24) is 9.97 Å². The first-order valence-corrected chi connectivity index (χ1v) is 8.64. The summed E-state index contributed by atoms with van der Waals surface area (Å²) in [6.07, 6.45) is 5.13. The Morgan fingerprint density at radius 3 is 2.42 bits per heavy atom. The molecule has 0 saturated carbocycles. The fourth-order valence-corrected chi connectivity index (χ4v) is 3.27. The monoisotopic (exact) mass is 364 g/mol. The Balaban J connectivity index is 1.77. The number of carbonyl (C=O) groups is 1. The number of hydrogen-bond donors (Lipinski definition) is 1. The molecule has 1 N–H and O–H groups in total. The molecule has 2 heterocycles. The lowest BCUT2D eigenvalue weighted by Crippen LogP contribution is -2.31. The fraction of sp³-hybridized carbons (Fsp3) is 0.353. The summed E-state index contributed by atoms with van der Waals surface area (Å²) >= 11 is 11.9. The molecule has 5 nitrogen and oxygen atoms in total. The third-order valence-corrected chi connectivity index (χ3v) is 4.41. The van der Waals surface area contributed by atoms with Gasteiger partial charge in [0.05, 0.1) is 11.3 Å². The van der Waals surface area contributed by atoms with E-state index in [1.807, 2.05) is 6.92 Å². The van der Waals surface area contributed by atoms with Crippen LogP contribution < -0.4 is 10.2 Å². The van der Waals surface area contributed by atoms with Crippen LogP contribution in [0.25, 0.3) is 0 Å². The second-order valence-corrected chi connectivity index (χ2v) is 6.70. The van der Waals surface area contributed by atoms with Crippen molar-refractivity contribution in [1.29, 1.82) is 0 Å². The number of benzene rings is 1. The molecule has 0 radical (unpaired) electrons. The van der Waals surface area contributed by atoms with E-state index in [0.29, 0.717) is 32.9 Å². The number of nitrogens with zero attached hydrogens (tertiary/aromatic N) is 3. The average Bonchev–Trinajstić information content (AvgIpc) is 2.54. The predicted molar refractivity (Wildman–Crippen MR) is 97.2 cm³/mol. The van der Waals surface area contributed by atoms with Gasteiger partial charge in [-0.2, -0.15) is 0 Å². The van der Waals surface area contributed by atoms with Gasteiger partial charge in [0.15, 0.2) is 0 Å². The number of nitrogens with one attached hydrogen (secondary N) is 1. The summed E-state index contributed by atoms with van der Waals surface area (Å²) in [5, 5.41) is 3.71. The molecule has 0 spiro atoms. The molecule has 1 aliphatic rings. The van der Waals surface area contributed by atoms with Crippen LogP contribution in [0.1, 0.15) is 35.3 Å². The molecule has 1 saturated heterocycles. The molecular weight excluding hydrogens is 347 g/mol. The molecule has 24 heavy (non-hydrogen) atoms. The van der Waals surface area contributed by atoms with Crippen LogP contribution in [-0.2, 0) is 0 Å². The molecule has 2 aromatic rings. The predicted octanol–water partition coefficient (Wildman–Crippen LogP) is 4.33. The zero-order valence-electron chi connectivity index (χ0n) is 13.4. The highest BCUT2D eigenvalue weighted by molar-refractivity contribution is 6.35. The van der Waals surface area contributed by atoms with Gasteiger partial charge < -0.3 is 10.2 Å². The van der Waals surface area contributed by atoms with Crippen LogP contribution in [-0.4, -0.2) is 29.0 Å². The van der Waals surface area contributed by atoms with E-state index in [1.165, 1.54) is 6.42 Å². The second-order valence-electron chi connectivity index (χ2n) is 5.83. The molecule has 0 aliphatic carbocycles. The molecule has 0 unspecified atom stereocenters. The van der Waals surface area contributed by atoms with Gasteiger partial charge >= 0.3 is 0 Å². The third-order valence-electron chi connectivity index (χ3n) is 3.97. The average molecular weight is 365 g/mol. The van der Waals surface area contributed by atoms with Gasteiger partial charge in [0, 0.05) is 35.0 Å². The molecule has 0 bridgehead atoms. The summed E-state index contributed by atoms with van der Waals surface area (Å²) in [6, 6.07) is 4.90. The Morgan fingerprint density at radius 2 is 1.79 bits per heavy atom. The molecule has 1 aliphatic heterocycles. The van der Waals surface area contributed by atoms with Gasteiger partial charge in [0.1, 0.15) is 0 Å². The van der Waals surface area contributed by atoms with Gasteiger partial charge in [-0.25, -0.2) is 9.97 Å². The van der Waals surface area contributed by atoms with E-state index in [4.69, 9.17) is 23.2 Å². The van der Waals surface area contributed by atoms with Gasteiger partial charge in [0.25, 0.3) is 5.91 Å². The molecule has 1 aromatic carbocycles. The normalized spacial score (nSPS) is 14.5. The zero-order valence-corrected chi connectivity index (χ0v) is 14.9. The summed E-state index contributed by atoms with van der Waals surface area (Å²) in [5.41, 5.74) is 1.63. The van der Waals surface area contributed by atoms with Crippen molar-refractivity contribution >= 4 is 40.7 Å². The van der Waals surface area contributed by atoms with E-state index in [-0.39, 0.29) is 5.91 Å². The van der Waals surface area contributed by atoms with E-state index in [2.05, 4.69) is 20.2 Å². The van der Waals surface area contributed by atoms with Crippen LogP contribution in [0.4, 0.5) is 11.6 Å². The first-order valence-electron chi connectivity index (χ1n) is 7.89. The molecule has 7 heteroatoms. The van der Waals surface area contributed by atoms with Crippen molar-refractivity contribution in [2.45, 2.75) is 26.2 Å². The highest BCUT2D eigenvalue weighted by Gasteiger charge is 2.17. The summed E-state index contributed by atoms with van der Waals surface area (Å²) in [4.78, 5) is 23.5. The smallest absolute Gasteiger partial charge is 0.259 e. The number of aryl methyl sites for hydroxylation is 1. The molecule has 126 valence electrons. The van der Waals surface area contributed by atoms with Crippen molar-refractivity contribution < 1.29 is 4.79 Å². The van der Waals surface area contributed by atoms with E-state index in [9.17, 15) is 4.79 Å². The molecule has 0 atom stereocenters. The minimum atomic E-state index is -0.281. The Bertz CT molecular complexity index is 740. The number of anilines is 2. The van der Waals surface area contributed by atoms with Gasteiger partial charge in [-0.05, 0) is 44.4 Å². The summed E-state index contributed by atoms with van der Waals surface area (Å²) in [7, 11) is 0. The highest BCUT2D eigenvalue weighted by Crippen LogP contribution is 2.23. The minimum absolute atomic E-state index is 0.281. The highest BCUT2D eigenvalue weighted by atomic mass is 35.5. The van der Waals surface area contributed by atoms with Crippen LogP contribution in [0.3, 0.4) is 0 Å². The number of aromatic nitrogens is 2. The van der Waals surface area contributed by atoms with E-state index >= 15 is 0 Å². The standard InChI is InChI=1S/C17H18Cl2N4O/c1-11-15(10-20-17(21-11)23-5-3-2-4-6-23)16(24)22-14-8-12(18)7-13(19)9-14/h7-10H,2-6H2,1H3,(H,22,24). The van der Waals surface area contributed by atoms with Crippen molar-refractivity contribution in [3.8, 4) is 0 Å². The first-order chi connectivity index (χ1) is 11.5. The quantitative estimate of drug-likeness (QED) is 0.879. The maximum absolute atomic E-state index is 12.5. The van der Waals surface area contributed by atoms with E-state index in [1.54, 1.807) is 24.4 Å². The molecular formula is C17H18Cl2N4O. The lowest BCUT2D eigenvalue weighted by atomic mass is 10.1. The largest absolute Gasteiger partial charge is 0.341 e. The van der Waals surface area contributed by atoms with Crippen LogP contribution in [0.15, 0.2) is 24.4 Å². The summed E-state index contributed by atoms with van der Waals surface area (Å²) in [5.74, 6) is 0.408. The van der Waals surface area contributed by atoms with Gasteiger partial charge in [0.2, 0.25) is 5.95 Å². The Labute approximate surface area is 151 Å². The second kappa shape index (κ2) is 7.36. The summed E-state index contributed by atoms with van der Waals surface area (Å²) in [6.45, 7) is 3.74. The first kappa shape index (κ1) is 17.0. The number of hydrogen-bond acceptors (Lipinski definition) is 4. The van der Waals surface area contributed by atoms with Gasteiger partial charge in [-0.3, -0.25) is 4.79 Å². The van der Waals surface area contributed by atoms with Crippen molar-refractivity contribution in [3.63, 3.8) is 0 Å². The molecule has 1 aromatic heterocycles. The lowest BCUT2D eigenvalue weighted by Gasteiger charge is -2.26. The van der Waals surface area contributed by atoms with Crippen molar-refractivity contribution in [3.05, 3.63) is 45.7 Å². The van der Waals surface area contributed by atoms with E-state index in [0.717, 1.165) is 25.9 Å². The number of amides is 1. The molecule has 1 amide bonds. The third kappa shape index (κ3) is 3.97. The van der Waals surface area contributed by atoms with Crippen molar-refractivity contribution in [2.75, 3.05) is 23.3 Å². The van der Waals surface area contributed by atoms with Crippen molar-refractivity contribution in [2.24, 2.45) is 0 Å². The lowest BCUT2D eigenvalue weighted by molar-refractivity contribution is 0.102. The van der Waals surface area contributed by atoms with Gasteiger partial charge in [-0.15, -0.1) is 0 Å². The van der Waals surface area contributed by atoms with Crippen LogP contribution in [0, 0.1) is 6.92 Å². The topological polar surface area (TPSA) is 58.1 Å². The number of rotatable bonds is 3. The Kier molecular flexibility index (Phi) is 5.21. The summed E-state index contributed by atoms with van der Waals surface area (Å²) < 4.78 is 0. The minimum Gasteiger partial charge on any atom is -0.341 e. The maximum Gasteiger partial charge on any atom is 0.259 e. The SMILES string of the molecule is Cc1nc(N2CCCCC2)ncc1C(=O)Nc1cc(Cl)cc(Cl)c1. The number of halogens is 2. The zero-order chi connectivity index (χ0) is 17.1. The molecule has 3 rings (SSSR count). The van der Waals surface area contributed by atoms with E-state index < -0.39 is 0 Å². The van der Waals surface area contributed by atoms with Crippen LogP contribution >= 0.6 is 23.2 Å². The number of piperidine rings is 1. The number of carbonyl (C=O) groups excluding carboxylic acids is 1. The maximum atomic E-state index is 12.5. The Hall–Kier alpha value is -1.85. The van der Waals surface area contributed by atoms with Crippen LogP contribution in [0.5, 0.6) is 0 Å². The fourth-order valence-electron chi connectivity index (χ4n) is 2.75. The van der Waals surface area contributed by atoms with Gasteiger partial charge in [-0.1, -0.05) is 23.2 Å². The van der Waals surface area contributed by atoms with Crippen LogP contribution in [0.2, 0.25) is 10.0 Å².